The maximum Gasteiger partial charge on any atom is 0.191 e. The average molecular weight is 311 g/mol. The highest BCUT2D eigenvalue weighted by atomic mass is 35.5. The molecule has 0 aromatic heterocycles. The molecule has 2 unspecified atom stereocenters. The van der Waals surface area contributed by atoms with Crippen LogP contribution in [0.25, 0.3) is 0 Å². The van der Waals surface area contributed by atoms with E-state index in [4.69, 9.17) is 32.4 Å². The van der Waals surface area contributed by atoms with Gasteiger partial charge in [-0.3, -0.25) is 0 Å². The lowest BCUT2D eigenvalue weighted by atomic mass is 10.1. The molecule has 1 aliphatic rings. The second-order valence-corrected chi connectivity index (χ2v) is 12.0. The minimum Gasteiger partial charge on any atom is -0.389 e. The van der Waals surface area contributed by atoms with Gasteiger partial charge >= 0.3 is 0 Å². The van der Waals surface area contributed by atoms with E-state index >= 15 is 0 Å². The highest BCUT2D eigenvalue weighted by Gasteiger charge is 2.87. The molecule has 0 saturated heterocycles. The number of alkyl halides is 1. The highest BCUT2D eigenvalue weighted by molar-refractivity contribution is 6.70. The Kier molecular flexibility index (Phi) is 4.12. The summed E-state index contributed by atoms with van der Waals surface area (Å²) in [7, 11) is -0.160. The second kappa shape index (κ2) is 4.49. The van der Waals surface area contributed by atoms with Crippen LogP contribution in [0.3, 0.4) is 0 Å². The van der Waals surface area contributed by atoms with Crippen LogP contribution in [0.15, 0.2) is 10.6 Å². The molecule has 0 bridgehead atoms. The van der Waals surface area contributed by atoms with Crippen molar-refractivity contribution in [3.63, 3.8) is 0 Å². The van der Waals surface area contributed by atoms with Crippen molar-refractivity contribution in [2.75, 3.05) is 7.11 Å². The number of methoxy groups -OCH3 is 1. The van der Waals surface area contributed by atoms with Crippen molar-refractivity contribution >= 4 is 31.5 Å². The zero-order valence-electron chi connectivity index (χ0n) is 12.6. The topological polar surface area (TPSA) is 18.5 Å². The molecule has 0 spiro atoms. The zero-order chi connectivity index (χ0) is 14.6. The fourth-order valence-electron chi connectivity index (χ4n) is 2.57. The Labute approximate surface area is 122 Å². The first-order valence-electron chi connectivity index (χ1n) is 6.15. The Morgan fingerprint density at radius 3 is 1.83 bits per heavy atom. The molecule has 0 radical (unpaired) electrons. The van der Waals surface area contributed by atoms with Crippen molar-refractivity contribution in [3.05, 3.63) is 10.6 Å². The summed E-state index contributed by atoms with van der Waals surface area (Å²) in [5.74, 6) is -0.833. The summed E-state index contributed by atoms with van der Waals surface area (Å²) in [6.45, 7) is 14.3. The monoisotopic (exact) mass is 310 g/mol. The molecule has 18 heavy (non-hydrogen) atoms. The largest absolute Gasteiger partial charge is 0.389 e. The summed E-state index contributed by atoms with van der Waals surface area (Å²) < 4.78 is 11.9. The van der Waals surface area contributed by atoms with Gasteiger partial charge in [0.25, 0.3) is 0 Å². The van der Waals surface area contributed by atoms with Gasteiger partial charge in [0.05, 0.1) is 0 Å². The van der Waals surface area contributed by atoms with Gasteiger partial charge < -0.3 is 9.16 Å². The molecule has 2 nitrogen and oxygen atoms in total. The average Bonchev–Trinajstić information content (AvgIpc) is 2.56. The quantitative estimate of drug-likeness (QED) is 0.424. The molecule has 0 heterocycles. The van der Waals surface area contributed by atoms with Gasteiger partial charge in [-0.2, -0.15) is 0 Å². The molecular weight excluding hydrogens is 287 g/mol. The molecule has 1 saturated carbocycles. The lowest BCUT2D eigenvalue weighted by Gasteiger charge is -2.29. The van der Waals surface area contributed by atoms with Crippen LogP contribution < -0.4 is 0 Å². The predicted molar refractivity (Wildman–Crippen MR) is 80.8 cm³/mol. The number of halogens is 2. The fraction of sp³-hybridized carbons (Fsp3) is 0.846. The molecule has 106 valence electrons. The molecular formula is C13H24Cl2O2Si. The highest BCUT2D eigenvalue weighted by Crippen LogP contribution is 2.75. The molecule has 1 rings (SSSR count). The first-order valence-corrected chi connectivity index (χ1v) is 10.3. The lowest BCUT2D eigenvalue weighted by Crippen LogP contribution is -2.40. The first-order chi connectivity index (χ1) is 7.87. The van der Waals surface area contributed by atoms with Gasteiger partial charge in [0.1, 0.15) is 4.87 Å². The Balaban J connectivity index is 3.29. The van der Waals surface area contributed by atoms with Crippen LogP contribution in [-0.4, -0.2) is 26.1 Å². The summed E-state index contributed by atoms with van der Waals surface area (Å²) in [5, 5.41) is 0.634. The van der Waals surface area contributed by atoms with Gasteiger partial charge in [0, 0.05) is 17.6 Å². The molecule has 1 aliphatic carbocycles. The minimum absolute atomic E-state index is 0.356. The van der Waals surface area contributed by atoms with E-state index in [0.29, 0.717) is 5.03 Å². The lowest BCUT2D eigenvalue weighted by molar-refractivity contribution is -0.115. The summed E-state index contributed by atoms with van der Waals surface area (Å²) in [6, 6.07) is 0. The first kappa shape index (κ1) is 16.5. The Bertz CT molecular complexity index is 383. The zero-order valence-corrected chi connectivity index (χ0v) is 15.1. The predicted octanol–water partition coefficient (Wildman–Crippen LogP) is 4.73. The number of hydrogen-bond donors (Lipinski definition) is 0. The molecule has 2 atom stereocenters. The number of rotatable bonds is 4. The maximum absolute atomic E-state index is 6.79. The third-order valence-corrected chi connectivity index (χ3v) is 6.12. The smallest absolute Gasteiger partial charge is 0.191 e. The SMILES string of the molecule is COC1(O[Si](C)(C)C)C(C)(C)C1(Cl)C(Cl)=C(C)C. The molecule has 0 aromatic rings. The van der Waals surface area contributed by atoms with E-state index < -0.39 is 19.0 Å². The second-order valence-electron chi connectivity index (χ2n) is 6.63. The van der Waals surface area contributed by atoms with Crippen molar-refractivity contribution in [1.29, 1.82) is 0 Å². The van der Waals surface area contributed by atoms with Gasteiger partial charge in [0.2, 0.25) is 0 Å². The van der Waals surface area contributed by atoms with Crippen LogP contribution in [0.1, 0.15) is 27.7 Å². The van der Waals surface area contributed by atoms with E-state index in [1.165, 1.54) is 0 Å². The van der Waals surface area contributed by atoms with Crippen LogP contribution in [0.4, 0.5) is 0 Å². The van der Waals surface area contributed by atoms with Crippen molar-refractivity contribution in [1.82, 2.24) is 0 Å². The van der Waals surface area contributed by atoms with Gasteiger partial charge in [0.15, 0.2) is 14.1 Å². The normalized spacial score (nSPS) is 34.3. The summed E-state index contributed by atoms with van der Waals surface area (Å²) >= 11 is 13.2. The van der Waals surface area contributed by atoms with E-state index in [9.17, 15) is 0 Å². The molecule has 0 aromatic carbocycles. The van der Waals surface area contributed by atoms with Crippen LogP contribution in [0.2, 0.25) is 19.6 Å². The Morgan fingerprint density at radius 1 is 1.11 bits per heavy atom. The van der Waals surface area contributed by atoms with Gasteiger partial charge in [-0.25, -0.2) is 0 Å². The van der Waals surface area contributed by atoms with E-state index in [1.807, 2.05) is 27.7 Å². The maximum atomic E-state index is 6.79. The fourth-order valence-corrected chi connectivity index (χ4v) is 4.97. The van der Waals surface area contributed by atoms with E-state index in [1.54, 1.807) is 7.11 Å². The summed E-state index contributed by atoms with van der Waals surface area (Å²) in [5.41, 5.74) is 0.642. The van der Waals surface area contributed by atoms with Gasteiger partial charge in [-0.15, -0.1) is 11.6 Å². The van der Waals surface area contributed by atoms with Crippen molar-refractivity contribution < 1.29 is 9.16 Å². The number of allylic oxidation sites excluding steroid dienone is 1. The van der Waals surface area contributed by atoms with Crippen LogP contribution in [0, 0.1) is 5.41 Å². The third-order valence-electron chi connectivity index (χ3n) is 3.55. The van der Waals surface area contributed by atoms with Crippen molar-refractivity contribution in [2.24, 2.45) is 5.41 Å². The van der Waals surface area contributed by atoms with Gasteiger partial charge in [-0.1, -0.05) is 31.0 Å². The van der Waals surface area contributed by atoms with E-state index in [-0.39, 0.29) is 5.41 Å². The van der Waals surface area contributed by atoms with Crippen molar-refractivity contribution in [2.45, 2.75) is 58.0 Å². The summed E-state index contributed by atoms with van der Waals surface area (Å²) in [4.78, 5) is -0.796. The molecule has 0 N–H and O–H groups in total. The Hall–Kier alpha value is 0.457. The third kappa shape index (κ3) is 1.99. The Morgan fingerprint density at radius 2 is 1.56 bits per heavy atom. The molecule has 5 heteroatoms. The minimum atomic E-state index is -1.80. The number of hydrogen-bond acceptors (Lipinski definition) is 2. The van der Waals surface area contributed by atoms with Crippen LogP contribution in [0.5, 0.6) is 0 Å². The van der Waals surface area contributed by atoms with E-state index in [2.05, 4.69) is 19.6 Å². The molecule has 1 fully saturated rings. The van der Waals surface area contributed by atoms with Crippen LogP contribution in [-0.2, 0) is 9.16 Å². The van der Waals surface area contributed by atoms with E-state index in [0.717, 1.165) is 5.57 Å². The van der Waals surface area contributed by atoms with Crippen LogP contribution >= 0.6 is 23.2 Å². The van der Waals surface area contributed by atoms with Gasteiger partial charge in [-0.05, 0) is 33.5 Å². The number of ether oxygens (including phenoxy) is 1. The summed E-state index contributed by atoms with van der Waals surface area (Å²) in [6.07, 6.45) is 0. The molecule has 0 aliphatic heterocycles. The molecule has 0 amide bonds. The van der Waals surface area contributed by atoms with Crippen molar-refractivity contribution in [3.8, 4) is 0 Å². The standard InChI is InChI=1S/C13H24Cl2O2Si/c1-9(2)10(14)12(15)11(3,4)13(12,16-5)17-18(6,7)8/h1-8H3.